The zero-order chi connectivity index (χ0) is 10.4. The van der Waals surface area contributed by atoms with Gasteiger partial charge < -0.3 is 4.74 Å². The van der Waals surface area contributed by atoms with Crippen LogP contribution in [-0.2, 0) is 5.88 Å². The van der Waals surface area contributed by atoms with Gasteiger partial charge in [-0.3, -0.25) is 0 Å². The van der Waals surface area contributed by atoms with E-state index in [1.807, 2.05) is 18.2 Å². The molecule has 2 heteroatoms. The third-order valence-electron chi connectivity index (χ3n) is 1.93. The van der Waals surface area contributed by atoms with E-state index in [1.54, 1.807) is 6.08 Å². The first kappa shape index (κ1) is 11.1. The monoisotopic (exact) mass is 210 g/mol. The van der Waals surface area contributed by atoms with Crippen molar-refractivity contribution in [3.63, 3.8) is 0 Å². The molecule has 0 amide bonds. The second-order valence-corrected chi connectivity index (χ2v) is 3.32. The zero-order valence-electron chi connectivity index (χ0n) is 8.42. The summed E-state index contributed by atoms with van der Waals surface area (Å²) in [5.41, 5.74) is 2.10. The number of rotatable bonds is 5. The van der Waals surface area contributed by atoms with Gasteiger partial charge in [-0.2, -0.15) is 0 Å². The quantitative estimate of drug-likeness (QED) is 0.671. The lowest BCUT2D eigenvalue weighted by Crippen LogP contribution is -1.98. The van der Waals surface area contributed by atoms with Crippen molar-refractivity contribution in [1.82, 2.24) is 0 Å². The molecule has 1 rings (SSSR count). The van der Waals surface area contributed by atoms with Gasteiger partial charge in [0.2, 0.25) is 0 Å². The highest BCUT2D eigenvalue weighted by molar-refractivity contribution is 6.17. The van der Waals surface area contributed by atoms with Gasteiger partial charge in [-0.1, -0.05) is 25.6 Å². The van der Waals surface area contributed by atoms with Crippen molar-refractivity contribution in [2.24, 2.45) is 0 Å². The van der Waals surface area contributed by atoms with Crippen LogP contribution < -0.4 is 4.74 Å². The van der Waals surface area contributed by atoms with E-state index in [0.717, 1.165) is 29.9 Å². The Hall–Kier alpha value is -0.950. The third kappa shape index (κ3) is 2.78. The molecule has 0 radical (unpaired) electrons. The molecule has 0 aliphatic carbocycles. The predicted octanol–water partition coefficient (Wildman–Crippen LogP) is 3.86. The van der Waals surface area contributed by atoms with Crippen molar-refractivity contribution in [3.8, 4) is 5.75 Å². The number of ether oxygens (including phenoxy) is 1. The van der Waals surface area contributed by atoms with Gasteiger partial charge in [-0.05, 0) is 24.1 Å². The van der Waals surface area contributed by atoms with Crippen molar-refractivity contribution < 1.29 is 4.74 Å². The molecule has 0 spiro atoms. The van der Waals surface area contributed by atoms with Gasteiger partial charge in [0.15, 0.2) is 0 Å². The molecule has 0 atom stereocenters. The van der Waals surface area contributed by atoms with Gasteiger partial charge in [0.1, 0.15) is 5.75 Å². The molecule has 1 aromatic rings. The summed E-state index contributed by atoms with van der Waals surface area (Å²) < 4.78 is 5.56. The Kier molecular flexibility index (Phi) is 4.54. The predicted molar refractivity (Wildman–Crippen MR) is 61.9 cm³/mol. The van der Waals surface area contributed by atoms with E-state index in [9.17, 15) is 0 Å². The normalized spacial score (nSPS) is 9.86. The van der Waals surface area contributed by atoms with Crippen molar-refractivity contribution in [2.75, 3.05) is 6.61 Å². The summed E-state index contributed by atoms with van der Waals surface area (Å²) in [6.07, 6.45) is 2.81. The van der Waals surface area contributed by atoms with Crippen LogP contribution in [0.25, 0.3) is 6.08 Å². The minimum atomic E-state index is 0.473. The van der Waals surface area contributed by atoms with Crippen LogP contribution in [0.15, 0.2) is 24.8 Å². The molecule has 0 aliphatic heterocycles. The summed E-state index contributed by atoms with van der Waals surface area (Å²) in [7, 11) is 0. The fourth-order valence-electron chi connectivity index (χ4n) is 1.18. The maximum Gasteiger partial charge on any atom is 0.123 e. The summed E-state index contributed by atoms with van der Waals surface area (Å²) in [4.78, 5) is 0. The molecule has 14 heavy (non-hydrogen) atoms. The third-order valence-corrected chi connectivity index (χ3v) is 2.21. The molecular weight excluding hydrogens is 196 g/mol. The maximum absolute atomic E-state index is 5.83. The largest absolute Gasteiger partial charge is 0.493 e. The summed E-state index contributed by atoms with van der Waals surface area (Å²) in [6, 6.07) is 5.93. The van der Waals surface area contributed by atoms with E-state index in [4.69, 9.17) is 16.3 Å². The molecule has 0 fully saturated rings. The SMILES string of the molecule is C=Cc1ccc(OCCC)c(CCl)c1. The van der Waals surface area contributed by atoms with Crippen LogP contribution in [0, 0.1) is 0 Å². The fourth-order valence-corrected chi connectivity index (χ4v) is 1.39. The van der Waals surface area contributed by atoms with Crippen LogP contribution >= 0.6 is 11.6 Å². The Morgan fingerprint density at radius 3 is 2.86 bits per heavy atom. The number of halogens is 1. The van der Waals surface area contributed by atoms with Crippen LogP contribution in [0.4, 0.5) is 0 Å². The number of hydrogen-bond acceptors (Lipinski definition) is 1. The Bertz CT molecular complexity index is 307. The molecule has 1 nitrogen and oxygen atoms in total. The Morgan fingerprint density at radius 2 is 2.29 bits per heavy atom. The number of hydrogen-bond donors (Lipinski definition) is 0. The van der Waals surface area contributed by atoms with Gasteiger partial charge >= 0.3 is 0 Å². The lowest BCUT2D eigenvalue weighted by Gasteiger charge is -2.09. The molecule has 0 aliphatic rings. The highest BCUT2D eigenvalue weighted by atomic mass is 35.5. The first-order valence-electron chi connectivity index (χ1n) is 4.76. The molecule has 76 valence electrons. The highest BCUT2D eigenvalue weighted by Crippen LogP contribution is 2.22. The molecule has 0 unspecified atom stereocenters. The molecule has 0 bridgehead atoms. The molecule has 0 saturated carbocycles. The van der Waals surface area contributed by atoms with E-state index < -0.39 is 0 Å². The van der Waals surface area contributed by atoms with Gasteiger partial charge in [0, 0.05) is 5.56 Å². The average Bonchev–Trinajstić information content (AvgIpc) is 2.26. The lowest BCUT2D eigenvalue weighted by molar-refractivity contribution is 0.315. The molecule has 1 aromatic carbocycles. The summed E-state index contributed by atoms with van der Waals surface area (Å²) in [6.45, 7) is 6.53. The van der Waals surface area contributed by atoms with Crippen LogP contribution in [-0.4, -0.2) is 6.61 Å². The van der Waals surface area contributed by atoms with E-state index in [1.165, 1.54) is 0 Å². The Labute approximate surface area is 90.3 Å². The lowest BCUT2D eigenvalue weighted by atomic mass is 10.1. The maximum atomic E-state index is 5.83. The molecule has 0 aromatic heterocycles. The second kappa shape index (κ2) is 5.71. The van der Waals surface area contributed by atoms with E-state index >= 15 is 0 Å². The summed E-state index contributed by atoms with van der Waals surface area (Å²) in [5, 5.41) is 0. The first-order valence-corrected chi connectivity index (χ1v) is 5.29. The van der Waals surface area contributed by atoms with Gasteiger partial charge in [0.25, 0.3) is 0 Å². The molecule has 0 heterocycles. The minimum Gasteiger partial charge on any atom is -0.493 e. The number of alkyl halides is 1. The van der Waals surface area contributed by atoms with Crippen LogP contribution in [0.3, 0.4) is 0 Å². The van der Waals surface area contributed by atoms with Crippen LogP contribution in [0.1, 0.15) is 24.5 Å². The Balaban J connectivity index is 2.87. The molecular formula is C12H15ClO. The van der Waals surface area contributed by atoms with E-state index in [-0.39, 0.29) is 0 Å². The van der Waals surface area contributed by atoms with Gasteiger partial charge in [-0.15, -0.1) is 11.6 Å². The summed E-state index contributed by atoms with van der Waals surface area (Å²) >= 11 is 5.83. The first-order chi connectivity index (χ1) is 6.81. The van der Waals surface area contributed by atoms with Crippen molar-refractivity contribution in [2.45, 2.75) is 19.2 Å². The molecule has 0 N–H and O–H groups in total. The van der Waals surface area contributed by atoms with Crippen LogP contribution in [0.2, 0.25) is 0 Å². The highest BCUT2D eigenvalue weighted by Gasteiger charge is 2.02. The van der Waals surface area contributed by atoms with E-state index in [2.05, 4.69) is 13.5 Å². The number of benzene rings is 1. The van der Waals surface area contributed by atoms with Gasteiger partial charge in [0.05, 0.1) is 12.5 Å². The van der Waals surface area contributed by atoms with Gasteiger partial charge in [-0.25, -0.2) is 0 Å². The second-order valence-electron chi connectivity index (χ2n) is 3.05. The topological polar surface area (TPSA) is 9.23 Å². The van der Waals surface area contributed by atoms with Crippen molar-refractivity contribution in [1.29, 1.82) is 0 Å². The van der Waals surface area contributed by atoms with Crippen LogP contribution in [0.5, 0.6) is 5.75 Å². The Morgan fingerprint density at radius 1 is 1.50 bits per heavy atom. The minimum absolute atomic E-state index is 0.473. The molecule has 0 saturated heterocycles. The zero-order valence-corrected chi connectivity index (χ0v) is 9.18. The fraction of sp³-hybridized carbons (Fsp3) is 0.333. The smallest absolute Gasteiger partial charge is 0.123 e. The van der Waals surface area contributed by atoms with E-state index in [0.29, 0.717) is 5.88 Å². The standard InChI is InChI=1S/C12H15ClO/c1-3-7-14-12-6-5-10(4-2)8-11(12)9-13/h4-6,8H,2-3,7,9H2,1H3. The van der Waals surface area contributed by atoms with Crippen molar-refractivity contribution >= 4 is 17.7 Å². The summed E-state index contributed by atoms with van der Waals surface area (Å²) in [5.74, 6) is 1.35. The van der Waals surface area contributed by atoms with Crippen molar-refractivity contribution in [3.05, 3.63) is 35.9 Å². The average molecular weight is 211 g/mol.